The summed E-state index contributed by atoms with van der Waals surface area (Å²) in [7, 11) is -4.04. The second-order valence-electron chi connectivity index (χ2n) is 10.3. The van der Waals surface area contributed by atoms with E-state index in [-0.39, 0.29) is 35.8 Å². The highest BCUT2D eigenvalue weighted by molar-refractivity contribution is 7.90. The Balaban J connectivity index is 1.45. The molecule has 0 N–H and O–H groups in total. The number of rotatable bonds is 11. The van der Waals surface area contributed by atoms with Crippen LogP contribution in [0.4, 0.5) is 8.78 Å². The van der Waals surface area contributed by atoms with Crippen LogP contribution >= 0.6 is 0 Å². The molecule has 1 atom stereocenters. The van der Waals surface area contributed by atoms with E-state index in [0.717, 1.165) is 25.9 Å². The van der Waals surface area contributed by atoms with Crippen molar-refractivity contribution in [2.24, 2.45) is 0 Å². The molecule has 2 aliphatic heterocycles. The molecule has 0 unspecified atom stereocenters. The van der Waals surface area contributed by atoms with Crippen LogP contribution in [0, 0.1) is 11.6 Å². The summed E-state index contributed by atoms with van der Waals surface area (Å²) in [6.45, 7) is 4.57. The lowest BCUT2D eigenvalue weighted by molar-refractivity contribution is 0.0318. The first-order chi connectivity index (χ1) is 19.8. The molecule has 2 aromatic carbocycles. The summed E-state index contributed by atoms with van der Waals surface area (Å²) in [6.07, 6.45) is 2.88. The summed E-state index contributed by atoms with van der Waals surface area (Å²) in [5, 5.41) is -0.186. The molecule has 12 heteroatoms. The molecular formula is C29H34F2N4O5S. The predicted molar refractivity (Wildman–Crippen MR) is 147 cm³/mol. The quantitative estimate of drug-likeness (QED) is 0.339. The number of carbonyl (C=O) groups excluding carboxylic acids is 1. The first-order valence-electron chi connectivity index (χ1n) is 13.8. The second-order valence-corrected chi connectivity index (χ2v) is 12.2. The van der Waals surface area contributed by atoms with Crippen LogP contribution in [0.1, 0.15) is 34.5 Å². The van der Waals surface area contributed by atoms with Crippen LogP contribution in [0.3, 0.4) is 0 Å². The second kappa shape index (κ2) is 13.2. The van der Waals surface area contributed by atoms with Gasteiger partial charge in [-0.15, -0.1) is 0 Å². The summed E-state index contributed by atoms with van der Waals surface area (Å²) in [5.41, 5.74) is 0.898. The maximum absolute atomic E-state index is 14.4. The molecule has 2 aliphatic rings. The molecule has 2 saturated heterocycles. The third-order valence-corrected chi connectivity index (χ3v) is 8.99. The maximum Gasteiger partial charge on any atom is 0.254 e. The lowest BCUT2D eigenvalue weighted by atomic mass is 10.2. The van der Waals surface area contributed by atoms with Crippen LogP contribution in [-0.4, -0.2) is 85.8 Å². The fourth-order valence-electron chi connectivity index (χ4n) is 5.15. The Kier molecular flexibility index (Phi) is 9.43. The number of ether oxygens (including phenoxy) is 2. The molecule has 0 bridgehead atoms. The number of carbonyl (C=O) groups is 1. The zero-order valence-corrected chi connectivity index (χ0v) is 23.6. The van der Waals surface area contributed by atoms with Gasteiger partial charge in [-0.2, -0.15) is 0 Å². The molecule has 3 heterocycles. The summed E-state index contributed by atoms with van der Waals surface area (Å²) in [4.78, 5) is 21.7. The van der Waals surface area contributed by atoms with E-state index in [2.05, 4.69) is 9.88 Å². The summed E-state index contributed by atoms with van der Waals surface area (Å²) in [5.74, 6) is -1.90. The minimum atomic E-state index is -4.04. The lowest BCUT2D eigenvalue weighted by Gasteiger charge is -2.30. The summed E-state index contributed by atoms with van der Waals surface area (Å²) in [6, 6.07) is 11.1. The average Bonchev–Trinajstić information content (AvgIpc) is 3.63. The van der Waals surface area contributed by atoms with Gasteiger partial charge in [-0.1, -0.05) is 18.2 Å². The smallest absolute Gasteiger partial charge is 0.254 e. The van der Waals surface area contributed by atoms with Crippen LogP contribution in [0.2, 0.25) is 0 Å². The minimum absolute atomic E-state index is 0.0549. The number of morpholine rings is 1. The summed E-state index contributed by atoms with van der Waals surface area (Å²) < 4.78 is 67.9. The van der Waals surface area contributed by atoms with E-state index < -0.39 is 27.2 Å². The van der Waals surface area contributed by atoms with Crippen molar-refractivity contribution in [2.45, 2.75) is 42.9 Å². The molecule has 5 rings (SSSR count). The largest absolute Gasteiger partial charge is 0.379 e. The van der Waals surface area contributed by atoms with Crippen LogP contribution in [0.5, 0.6) is 0 Å². The molecule has 0 radical (unpaired) electrons. The van der Waals surface area contributed by atoms with Crippen LogP contribution in [0.25, 0.3) is 0 Å². The number of sulfone groups is 1. The van der Waals surface area contributed by atoms with Crippen LogP contribution < -0.4 is 0 Å². The van der Waals surface area contributed by atoms with Crippen molar-refractivity contribution in [1.82, 2.24) is 19.4 Å². The van der Waals surface area contributed by atoms with Gasteiger partial charge in [-0.05, 0) is 43.2 Å². The van der Waals surface area contributed by atoms with Gasteiger partial charge in [0.05, 0.1) is 50.1 Å². The highest BCUT2D eigenvalue weighted by atomic mass is 32.2. The molecule has 0 aliphatic carbocycles. The molecule has 220 valence electrons. The van der Waals surface area contributed by atoms with E-state index in [0.29, 0.717) is 44.2 Å². The highest BCUT2D eigenvalue weighted by Gasteiger charge is 2.29. The van der Waals surface area contributed by atoms with E-state index in [1.807, 2.05) is 0 Å². The molecule has 3 aromatic rings. The zero-order valence-electron chi connectivity index (χ0n) is 22.8. The predicted octanol–water partition coefficient (Wildman–Crippen LogP) is 3.29. The Morgan fingerprint density at radius 3 is 2.51 bits per heavy atom. The van der Waals surface area contributed by atoms with Gasteiger partial charge in [-0.3, -0.25) is 9.69 Å². The Labute approximate surface area is 238 Å². The van der Waals surface area contributed by atoms with Crippen LogP contribution in [0.15, 0.2) is 59.9 Å². The van der Waals surface area contributed by atoms with Crippen LogP contribution in [-0.2, 0) is 38.2 Å². The van der Waals surface area contributed by atoms with Crippen molar-refractivity contribution in [1.29, 1.82) is 0 Å². The van der Waals surface area contributed by atoms with Crippen molar-refractivity contribution < 1.29 is 31.5 Å². The van der Waals surface area contributed by atoms with E-state index in [4.69, 9.17) is 9.47 Å². The SMILES string of the molecule is O=C(c1ccc(F)cc1)N(CCN1CCOCC1)Cc1cnc(S(=O)(=O)Cc2ccccc2F)n1C[C@@H]1CCCO1. The first kappa shape index (κ1) is 29.3. The van der Waals surface area contributed by atoms with Gasteiger partial charge in [0.15, 0.2) is 0 Å². The van der Waals surface area contributed by atoms with E-state index >= 15 is 0 Å². The van der Waals surface area contributed by atoms with Gasteiger partial charge in [0.1, 0.15) is 11.6 Å². The fourth-order valence-corrected chi connectivity index (χ4v) is 6.66. The molecule has 41 heavy (non-hydrogen) atoms. The highest BCUT2D eigenvalue weighted by Crippen LogP contribution is 2.24. The molecule has 1 amide bonds. The zero-order chi connectivity index (χ0) is 28.8. The van der Waals surface area contributed by atoms with Gasteiger partial charge in [0, 0.05) is 43.9 Å². The normalized spacial score (nSPS) is 18.0. The Bertz CT molecular complexity index is 1440. The van der Waals surface area contributed by atoms with E-state index in [1.165, 1.54) is 48.7 Å². The topological polar surface area (TPSA) is 94.0 Å². The van der Waals surface area contributed by atoms with Crippen molar-refractivity contribution in [3.8, 4) is 0 Å². The fraction of sp³-hybridized carbons (Fsp3) is 0.448. The number of imidazole rings is 1. The molecular weight excluding hydrogens is 554 g/mol. The van der Waals surface area contributed by atoms with Gasteiger partial charge < -0.3 is 18.9 Å². The molecule has 0 saturated carbocycles. The number of amides is 1. The number of hydrogen-bond donors (Lipinski definition) is 0. The monoisotopic (exact) mass is 588 g/mol. The Hall–Kier alpha value is -3.19. The number of nitrogens with zero attached hydrogens (tertiary/aromatic N) is 4. The van der Waals surface area contributed by atoms with Crippen molar-refractivity contribution >= 4 is 15.7 Å². The molecule has 9 nitrogen and oxygen atoms in total. The Morgan fingerprint density at radius 1 is 1.05 bits per heavy atom. The van der Waals surface area contributed by atoms with Gasteiger partial charge in [0.2, 0.25) is 15.0 Å². The van der Waals surface area contributed by atoms with Gasteiger partial charge >= 0.3 is 0 Å². The molecule has 2 fully saturated rings. The number of aromatic nitrogens is 2. The maximum atomic E-state index is 14.4. The van der Waals surface area contributed by atoms with Gasteiger partial charge in [-0.25, -0.2) is 22.2 Å². The Morgan fingerprint density at radius 2 is 1.80 bits per heavy atom. The molecule has 1 aromatic heterocycles. The summed E-state index contributed by atoms with van der Waals surface area (Å²) >= 11 is 0. The van der Waals surface area contributed by atoms with E-state index in [1.54, 1.807) is 15.5 Å². The standard InChI is InChI=1S/C29H34F2N4O5S/c30-24-9-7-22(8-10-24)28(36)34(12-11-33-13-16-39-17-14-33)19-25-18-32-29(35(25)20-26-5-3-15-40-26)41(37,38)21-23-4-1-2-6-27(23)31/h1-2,4,6-10,18,26H,3,5,11-17,19-21H2/t26-/m0/s1. The third-order valence-electron chi connectivity index (χ3n) is 7.41. The van der Waals surface area contributed by atoms with Gasteiger partial charge in [0.25, 0.3) is 5.91 Å². The van der Waals surface area contributed by atoms with E-state index in [9.17, 15) is 22.0 Å². The third kappa shape index (κ3) is 7.37. The molecule has 0 spiro atoms. The number of hydrogen-bond acceptors (Lipinski definition) is 7. The lowest BCUT2D eigenvalue weighted by Crippen LogP contribution is -2.43. The minimum Gasteiger partial charge on any atom is -0.379 e. The average molecular weight is 589 g/mol. The van der Waals surface area contributed by atoms with Crippen molar-refractivity contribution in [2.75, 3.05) is 46.0 Å². The number of benzene rings is 2. The van der Waals surface area contributed by atoms with Crippen molar-refractivity contribution in [3.63, 3.8) is 0 Å². The number of halogens is 2. The first-order valence-corrected chi connectivity index (χ1v) is 15.4. The van der Waals surface area contributed by atoms with Crippen molar-refractivity contribution in [3.05, 3.63) is 83.2 Å².